The highest BCUT2D eigenvalue weighted by molar-refractivity contribution is 5.94. The first-order chi connectivity index (χ1) is 8.24. The molecule has 0 heterocycles. The largest absolute Gasteiger partial charge is 0.481 e. The highest BCUT2D eigenvalue weighted by atomic mass is 16.4. The fraction of sp³-hybridized carbons (Fsp3) is 0.385. The summed E-state index contributed by atoms with van der Waals surface area (Å²) >= 11 is 0. The number of carboxylic acids is 1. The van der Waals surface area contributed by atoms with Crippen LogP contribution in [0.3, 0.4) is 0 Å². The zero-order valence-corrected chi connectivity index (χ0v) is 10.8. The molecule has 0 aliphatic heterocycles. The molecule has 0 unspecified atom stereocenters. The Morgan fingerprint density at radius 2 is 2.00 bits per heavy atom. The van der Waals surface area contributed by atoms with Gasteiger partial charge in [0.05, 0.1) is 5.41 Å². The third kappa shape index (κ3) is 3.23. The van der Waals surface area contributed by atoms with Crippen molar-refractivity contribution in [2.75, 3.05) is 11.9 Å². The summed E-state index contributed by atoms with van der Waals surface area (Å²) < 4.78 is 0. The number of benzene rings is 1. The van der Waals surface area contributed by atoms with Crippen molar-refractivity contribution in [2.24, 2.45) is 11.1 Å². The predicted molar refractivity (Wildman–Crippen MR) is 69.6 cm³/mol. The molecular formula is C13H18N2O3. The number of rotatable bonds is 5. The number of aryl methyl sites for hydroxylation is 1. The summed E-state index contributed by atoms with van der Waals surface area (Å²) in [7, 11) is 0. The second-order valence-corrected chi connectivity index (χ2v) is 4.94. The Morgan fingerprint density at radius 1 is 1.39 bits per heavy atom. The van der Waals surface area contributed by atoms with Crippen LogP contribution in [0.2, 0.25) is 0 Å². The molecule has 4 N–H and O–H groups in total. The van der Waals surface area contributed by atoms with E-state index < -0.39 is 17.3 Å². The van der Waals surface area contributed by atoms with Crippen LogP contribution in [0.1, 0.15) is 29.8 Å². The van der Waals surface area contributed by atoms with Crippen molar-refractivity contribution in [3.8, 4) is 0 Å². The third-order valence-electron chi connectivity index (χ3n) is 2.81. The minimum atomic E-state index is -0.861. The van der Waals surface area contributed by atoms with Crippen LogP contribution in [0.5, 0.6) is 0 Å². The molecule has 0 aliphatic carbocycles. The van der Waals surface area contributed by atoms with E-state index in [1.54, 1.807) is 39.0 Å². The highest BCUT2D eigenvalue weighted by Crippen LogP contribution is 2.19. The van der Waals surface area contributed by atoms with Crippen LogP contribution in [0.15, 0.2) is 18.2 Å². The van der Waals surface area contributed by atoms with Crippen LogP contribution in [0, 0.1) is 12.3 Å². The lowest BCUT2D eigenvalue weighted by molar-refractivity contribution is -0.146. The summed E-state index contributed by atoms with van der Waals surface area (Å²) in [5.41, 5.74) is 6.36. The van der Waals surface area contributed by atoms with Gasteiger partial charge in [-0.2, -0.15) is 0 Å². The molecule has 0 aliphatic rings. The number of nitrogens with one attached hydrogen (secondary N) is 1. The number of amides is 1. The molecule has 0 radical (unpaired) electrons. The first-order valence-electron chi connectivity index (χ1n) is 5.62. The van der Waals surface area contributed by atoms with Crippen LogP contribution < -0.4 is 11.1 Å². The summed E-state index contributed by atoms with van der Waals surface area (Å²) in [6.45, 7) is 5.38. The highest BCUT2D eigenvalue weighted by Gasteiger charge is 2.26. The maximum absolute atomic E-state index is 11.1. The molecule has 5 heteroatoms. The topological polar surface area (TPSA) is 92.4 Å². The van der Waals surface area contributed by atoms with Crippen molar-refractivity contribution in [1.82, 2.24) is 0 Å². The van der Waals surface area contributed by atoms with Crippen LogP contribution in [0.4, 0.5) is 5.69 Å². The molecule has 1 amide bonds. The van der Waals surface area contributed by atoms with Gasteiger partial charge in [0.15, 0.2) is 0 Å². The van der Waals surface area contributed by atoms with Crippen molar-refractivity contribution in [3.05, 3.63) is 29.3 Å². The number of anilines is 1. The van der Waals surface area contributed by atoms with E-state index in [1.807, 2.05) is 0 Å². The van der Waals surface area contributed by atoms with Crippen LogP contribution in [0.25, 0.3) is 0 Å². The summed E-state index contributed by atoms with van der Waals surface area (Å²) in [5, 5.41) is 12.0. The van der Waals surface area contributed by atoms with Crippen LogP contribution >= 0.6 is 0 Å². The Labute approximate surface area is 106 Å². The van der Waals surface area contributed by atoms with Crippen molar-refractivity contribution in [1.29, 1.82) is 0 Å². The molecule has 0 fully saturated rings. The molecule has 0 aromatic heterocycles. The Kier molecular flexibility index (Phi) is 3.96. The SMILES string of the molecule is Cc1cc(NCC(C)(C)C(=O)O)ccc1C(N)=O. The van der Waals surface area contributed by atoms with E-state index >= 15 is 0 Å². The van der Waals surface area contributed by atoms with Gasteiger partial charge in [-0.1, -0.05) is 0 Å². The first kappa shape index (κ1) is 14.0. The average molecular weight is 250 g/mol. The first-order valence-corrected chi connectivity index (χ1v) is 5.62. The maximum Gasteiger partial charge on any atom is 0.310 e. The lowest BCUT2D eigenvalue weighted by atomic mass is 9.94. The number of nitrogens with two attached hydrogens (primary N) is 1. The van der Waals surface area contributed by atoms with Crippen LogP contribution in [-0.2, 0) is 4.79 Å². The number of carbonyl (C=O) groups excluding carboxylic acids is 1. The zero-order valence-electron chi connectivity index (χ0n) is 10.8. The van der Waals surface area contributed by atoms with Gasteiger partial charge in [-0.05, 0) is 44.5 Å². The van der Waals surface area contributed by atoms with Crippen molar-refractivity contribution in [3.63, 3.8) is 0 Å². The summed E-state index contributed by atoms with van der Waals surface area (Å²) in [6.07, 6.45) is 0. The molecule has 0 atom stereocenters. The Hall–Kier alpha value is -2.04. The summed E-state index contributed by atoms with van der Waals surface area (Å²) in [4.78, 5) is 22.0. The molecule has 18 heavy (non-hydrogen) atoms. The van der Waals surface area contributed by atoms with Gasteiger partial charge in [0.2, 0.25) is 5.91 Å². The van der Waals surface area contributed by atoms with E-state index in [1.165, 1.54) is 0 Å². The van der Waals surface area contributed by atoms with Gasteiger partial charge < -0.3 is 16.2 Å². The number of carbonyl (C=O) groups is 2. The van der Waals surface area contributed by atoms with Gasteiger partial charge in [0.25, 0.3) is 0 Å². The van der Waals surface area contributed by atoms with E-state index in [4.69, 9.17) is 10.8 Å². The molecule has 5 nitrogen and oxygen atoms in total. The molecular weight excluding hydrogens is 232 g/mol. The zero-order chi connectivity index (χ0) is 13.9. The number of primary amides is 1. The number of carboxylic acid groups (broad SMARTS) is 1. The van der Waals surface area contributed by atoms with Gasteiger partial charge in [0.1, 0.15) is 0 Å². The minimum absolute atomic E-state index is 0.303. The molecule has 1 aromatic rings. The molecule has 0 spiro atoms. The van der Waals surface area contributed by atoms with Crippen LogP contribution in [-0.4, -0.2) is 23.5 Å². The number of hydrogen-bond donors (Lipinski definition) is 3. The molecule has 1 aromatic carbocycles. The fourth-order valence-electron chi connectivity index (χ4n) is 1.45. The lowest BCUT2D eigenvalue weighted by Crippen LogP contribution is -2.31. The molecule has 0 saturated carbocycles. The average Bonchev–Trinajstić information content (AvgIpc) is 2.25. The second-order valence-electron chi connectivity index (χ2n) is 4.94. The van der Waals surface area contributed by atoms with Gasteiger partial charge in [-0.15, -0.1) is 0 Å². The smallest absolute Gasteiger partial charge is 0.310 e. The van der Waals surface area contributed by atoms with Crippen molar-refractivity contribution >= 4 is 17.6 Å². The maximum atomic E-state index is 11.1. The lowest BCUT2D eigenvalue weighted by Gasteiger charge is -2.20. The monoisotopic (exact) mass is 250 g/mol. The van der Waals surface area contributed by atoms with E-state index in [-0.39, 0.29) is 0 Å². The standard InChI is InChI=1S/C13H18N2O3/c1-8-6-9(4-5-10(8)11(14)16)15-7-13(2,3)12(17)18/h4-6,15H,7H2,1-3H3,(H2,14,16)(H,17,18). The van der Waals surface area contributed by atoms with Crippen molar-refractivity contribution < 1.29 is 14.7 Å². The van der Waals surface area contributed by atoms with E-state index in [9.17, 15) is 9.59 Å². The number of aliphatic carboxylic acids is 1. The summed E-state index contributed by atoms with van der Waals surface area (Å²) in [5.74, 6) is -1.33. The molecule has 98 valence electrons. The number of hydrogen-bond acceptors (Lipinski definition) is 3. The quantitative estimate of drug-likeness (QED) is 0.740. The molecule has 0 bridgehead atoms. The van der Waals surface area contributed by atoms with E-state index in [0.717, 1.165) is 11.3 Å². The third-order valence-corrected chi connectivity index (χ3v) is 2.81. The second kappa shape index (κ2) is 5.08. The van der Waals surface area contributed by atoms with Gasteiger partial charge in [-0.3, -0.25) is 9.59 Å². The summed E-state index contributed by atoms with van der Waals surface area (Å²) in [6, 6.07) is 5.12. The normalized spacial score (nSPS) is 11.1. The predicted octanol–water partition coefficient (Wildman–Crippen LogP) is 1.62. The fourth-order valence-corrected chi connectivity index (χ4v) is 1.45. The Morgan fingerprint density at radius 3 is 2.44 bits per heavy atom. The molecule has 0 saturated heterocycles. The minimum Gasteiger partial charge on any atom is -0.481 e. The van der Waals surface area contributed by atoms with E-state index in [2.05, 4.69) is 5.32 Å². The van der Waals surface area contributed by atoms with Gasteiger partial charge in [-0.25, -0.2) is 0 Å². The Bertz CT molecular complexity index is 481. The molecule has 1 rings (SSSR count). The van der Waals surface area contributed by atoms with Gasteiger partial charge >= 0.3 is 5.97 Å². The van der Waals surface area contributed by atoms with E-state index in [0.29, 0.717) is 12.1 Å². The van der Waals surface area contributed by atoms with Crippen molar-refractivity contribution in [2.45, 2.75) is 20.8 Å². The van der Waals surface area contributed by atoms with Gasteiger partial charge in [0, 0.05) is 17.8 Å². The Balaban J connectivity index is 2.79.